The Bertz CT molecular complexity index is 460. The van der Waals surface area contributed by atoms with E-state index in [1.54, 1.807) is 4.90 Å². The third-order valence-corrected chi connectivity index (χ3v) is 3.45. The van der Waals surface area contributed by atoms with Crippen LogP contribution in [0.4, 0.5) is 4.79 Å². The summed E-state index contributed by atoms with van der Waals surface area (Å²) in [5, 5.41) is 8.81. The number of hydrogen-bond acceptors (Lipinski definition) is 3. The van der Waals surface area contributed by atoms with Gasteiger partial charge in [-0.25, -0.2) is 4.79 Å². The first-order valence-electron chi connectivity index (χ1n) is 6.82. The minimum atomic E-state index is -0.811. The lowest BCUT2D eigenvalue weighted by molar-refractivity contribution is -0.138. The van der Waals surface area contributed by atoms with Crippen LogP contribution in [0.1, 0.15) is 24.8 Å². The van der Waals surface area contributed by atoms with E-state index in [1.165, 1.54) is 0 Å². The van der Waals surface area contributed by atoms with Crippen LogP contribution >= 0.6 is 0 Å². The van der Waals surface area contributed by atoms with Crippen molar-refractivity contribution >= 4 is 12.1 Å². The fraction of sp³-hybridized carbons (Fsp3) is 0.467. The molecule has 1 atom stereocenters. The average molecular weight is 277 g/mol. The summed E-state index contributed by atoms with van der Waals surface area (Å²) in [5.74, 6) is -0.778. The molecule has 20 heavy (non-hydrogen) atoms. The molecule has 0 bridgehead atoms. The predicted molar refractivity (Wildman–Crippen MR) is 73.2 cm³/mol. The highest BCUT2D eigenvalue weighted by atomic mass is 16.6. The van der Waals surface area contributed by atoms with Crippen molar-refractivity contribution in [3.05, 3.63) is 35.9 Å². The number of ether oxygens (including phenoxy) is 1. The van der Waals surface area contributed by atoms with Gasteiger partial charge in [-0.3, -0.25) is 4.79 Å². The quantitative estimate of drug-likeness (QED) is 0.918. The number of likely N-dealkylation sites (tertiary alicyclic amines) is 1. The van der Waals surface area contributed by atoms with Crippen molar-refractivity contribution in [1.82, 2.24) is 4.90 Å². The van der Waals surface area contributed by atoms with E-state index >= 15 is 0 Å². The molecule has 1 aromatic rings. The SMILES string of the molecule is O=C(O)C[C@@H]1CCCN(C(=O)OCc2ccccc2)C1. The summed E-state index contributed by atoms with van der Waals surface area (Å²) >= 11 is 0. The highest BCUT2D eigenvalue weighted by molar-refractivity contribution is 5.69. The molecule has 5 nitrogen and oxygen atoms in total. The van der Waals surface area contributed by atoms with Crippen LogP contribution in [0.15, 0.2) is 30.3 Å². The summed E-state index contributed by atoms with van der Waals surface area (Å²) in [4.78, 5) is 24.3. The van der Waals surface area contributed by atoms with Crippen LogP contribution in [0.5, 0.6) is 0 Å². The molecule has 1 aliphatic heterocycles. The van der Waals surface area contributed by atoms with Crippen molar-refractivity contribution in [2.24, 2.45) is 5.92 Å². The van der Waals surface area contributed by atoms with E-state index in [2.05, 4.69) is 0 Å². The van der Waals surface area contributed by atoms with Crippen LogP contribution in [0.2, 0.25) is 0 Å². The van der Waals surface area contributed by atoms with Gasteiger partial charge in [0.1, 0.15) is 6.61 Å². The number of carbonyl (C=O) groups is 2. The van der Waals surface area contributed by atoms with Gasteiger partial charge in [-0.15, -0.1) is 0 Å². The van der Waals surface area contributed by atoms with E-state index in [-0.39, 0.29) is 25.0 Å². The summed E-state index contributed by atoms with van der Waals surface area (Å²) < 4.78 is 5.26. The van der Waals surface area contributed by atoms with Gasteiger partial charge in [0, 0.05) is 19.5 Å². The standard InChI is InChI=1S/C15H19NO4/c17-14(18)9-13-7-4-8-16(10-13)15(19)20-11-12-5-2-1-3-6-12/h1-3,5-6,13H,4,7-11H2,(H,17,18)/t13-/m0/s1. The van der Waals surface area contributed by atoms with Crippen molar-refractivity contribution in [1.29, 1.82) is 0 Å². The van der Waals surface area contributed by atoms with Crippen molar-refractivity contribution in [3.63, 3.8) is 0 Å². The van der Waals surface area contributed by atoms with Crippen molar-refractivity contribution < 1.29 is 19.4 Å². The monoisotopic (exact) mass is 277 g/mol. The van der Waals surface area contributed by atoms with Gasteiger partial charge in [0.15, 0.2) is 0 Å². The summed E-state index contributed by atoms with van der Waals surface area (Å²) in [6, 6.07) is 9.50. The highest BCUT2D eigenvalue weighted by Gasteiger charge is 2.26. The largest absolute Gasteiger partial charge is 0.481 e. The van der Waals surface area contributed by atoms with Gasteiger partial charge >= 0.3 is 12.1 Å². The Morgan fingerprint density at radius 2 is 2.05 bits per heavy atom. The smallest absolute Gasteiger partial charge is 0.410 e. The number of rotatable bonds is 4. The Hall–Kier alpha value is -2.04. The Morgan fingerprint density at radius 1 is 1.30 bits per heavy atom. The Balaban J connectivity index is 1.81. The third kappa shape index (κ3) is 4.26. The molecule has 1 aliphatic rings. The molecule has 108 valence electrons. The van der Waals surface area contributed by atoms with Crippen LogP contribution in [0.3, 0.4) is 0 Å². The lowest BCUT2D eigenvalue weighted by Crippen LogP contribution is -2.40. The molecule has 2 rings (SSSR count). The third-order valence-electron chi connectivity index (χ3n) is 3.45. The molecule has 1 aromatic carbocycles. The van der Waals surface area contributed by atoms with Crippen LogP contribution in [0, 0.1) is 5.92 Å². The fourth-order valence-electron chi connectivity index (χ4n) is 2.46. The number of carbonyl (C=O) groups excluding carboxylic acids is 1. The normalized spacial score (nSPS) is 18.6. The minimum Gasteiger partial charge on any atom is -0.481 e. The molecule has 0 unspecified atom stereocenters. The first kappa shape index (κ1) is 14.4. The fourth-order valence-corrected chi connectivity index (χ4v) is 2.46. The van der Waals surface area contributed by atoms with E-state index in [0.29, 0.717) is 13.1 Å². The molecular weight excluding hydrogens is 258 g/mol. The summed E-state index contributed by atoms with van der Waals surface area (Å²) in [7, 11) is 0. The molecule has 1 heterocycles. The molecule has 0 aliphatic carbocycles. The molecule has 0 radical (unpaired) electrons. The molecule has 0 aromatic heterocycles. The van der Waals surface area contributed by atoms with Crippen molar-refractivity contribution in [3.8, 4) is 0 Å². The second-order valence-electron chi connectivity index (χ2n) is 5.09. The maximum Gasteiger partial charge on any atom is 0.410 e. The van der Waals surface area contributed by atoms with Crippen LogP contribution in [0.25, 0.3) is 0 Å². The molecule has 1 saturated heterocycles. The minimum absolute atomic E-state index is 0.0329. The van der Waals surface area contributed by atoms with Crippen molar-refractivity contribution in [2.45, 2.75) is 25.9 Å². The summed E-state index contributed by atoms with van der Waals surface area (Å²) in [5.41, 5.74) is 0.944. The zero-order valence-corrected chi connectivity index (χ0v) is 11.3. The molecule has 1 amide bonds. The number of amides is 1. The van der Waals surface area contributed by atoms with Gasteiger partial charge in [-0.1, -0.05) is 30.3 Å². The number of carboxylic acids is 1. The number of nitrogens with zero attached hydrogens (tertiary/aromatic N) is 1. The summed E-state index contributed by atoms with van der Waals surface area (Å²) in [6.07, 6.45) is 1.44. The number of aliphatic carboxylic acids is 1. The summed E-state index contributed by atoms with van der Waals surface area (Å²) in [6.45, 7) is 1.36. The van der Waals surface area contributed by atoms with Gasteiger partial charge in [0.2, 0.25) is 0 Å². The van der Waals surface area contributed by atoms with Crippen LogP contribution in [-0.2, 0) is 16.1 Å². The molecular formula is C15H19NO4. The number of hydrogen-bond donors (Lipinski definition) is 1. The Labute approximate surface area is 118 Å². The maximum atomic E-state index is 12.0. The zero-order valence-electron chi connectivity index (χ0n) is 11.3. The maximum absolute atomic E-state index is 12.0. The lowest BCUT2D eigenvalue weighted by atomic mass is 9.95. The van der Waals surface area contributed by atoms with Gasteiger partial charge in [-0.05, 0) is 24.3 Å². The highest BCUT2D eigenvalue weighted by Crippen LogP contribution is 2.20. The topological polar surface area (TPSA) is 66.8 Å². The van der Waals surface area contributed by atoms with Crippen molar-refractivity contribution in [2.75, 3.05) is 13.1 Å². The Morgan fingerprint density at radius 3 is 2.75 bits per heavy atom. The lowest BCUT2D eigenvalue weighted by Gasteiger charge is -2.31. The van der Waals surface area contributed by atoms with Gasteiger partial charge in [0.05, 0.1) is 0 Å². The Kier molecular flexibility index (Phi) is 4.98. The van der Waals surface area contributed by atoms with Crippen LogP contribution in [-0.4, -0.2) is 35.2 Å². The van der Waals surface area contributed by atoms with Crippen LogP contribution < -0.4 is 0 Å². The second kappa shape index (κ2) is 6.93. The molecule has 0 saturated carbocycles. The zero-order chi connectivity index (χ0) is 14.4. The molecule has 1 N–H and O–H groups in total. The first-order chi connectivity index (χ1) is 9.65. The predicted octanol–water partition coefficient (Wildman–Crippen LogP) is 2.51. The van der Waals surface area contributed by atoms with E-state index < -0.39 is 5.97 Å². The van der Waals surface area contributed by atoms with E-state index in [9.17, 15) is 9.59 Å². The van der Waals surface area contributed by atoms with Gasteiger partial charge < -0.3 is 14.7 Å². The number of carboxylic acid groups (broad SMARTS) is 1. The van der Waals surface area contributed by atoms with E-state index in [1.807, 2.05) is 30.3 Å². The average Bonchev–Trinajstić information content (AvgIpc) is 2.45. The number of piperidine rings is 1. The van der Waals surface area contributed by atoms with Gasteiger partial charge in [-0.2, -0.15) is 0 Å². The molecule has 5 heteroatoms. The van der Waals surface area contributed by atoms with E-state index in [4.69, 9.17) is 9.84 Å². The first-order valence-corrected chi connectivity index (χ1v) is 6.82. The molecule has 0 spiro atoms. The second-order valence-corrected chi connectivity index (χ2v) is 5.09. The molecule has 1 fully saturated rings. The number of benzene rings is 1. The van der Waals surface area contributed by atoms with Gasteiger partial charge in [0.25, 0.3) is 0 Å². The van der Waals surface area contributed by atoms with E-state index in [0.717, 1.165) is 18.4 Å².